The van der Waals surface area contributed by atoms with E-state index in [0.717, 1.165) is 5.56 Å². The van der Waals surface area contributed by atoms with E-state index >= 15 is 0 Å². The Morgan fingerprint density at radius 1 is 1.03 bits per heavy atom. The normalized spacial score (nSPS) is 12.7. The van der Waals surface area contributed by atoms with Crippen LogP contribution in [0.25, 0.3) is 0 Å². The number of sulfone groups is 1. The lowest BCUT2D eigenvalue weighted by Crippen LogP contribution is -2.37. The molecule has 0 heterocycles. The first-order valence-corrected chi connectivity index (χ1v) is 12.1. The highest BCUT2D eigenvalue weighted by Gasteiger charge is 2.13. The second-order valence-corrected chi connectivity index (χ2v) is 10.6. The van der Waals surface area contributed by atoms with Crippen LogP contribution in [0.4, 0.5) is 4.39 Å². The molecule has 2 aromatic carbocycles. The van der Waals surface area contributed by atoms with E-state index in [9.17, 15) is 12.8 Å². The number of nitrogens with one attached hydrogen (secondary N) is 2. The van der Waals surface area contributed by atoms with Gasteiger partial charge in [-0.1, -0.05) is 51.1 Å². The van der Waals surface area contributed by atoms with Crippen LogP contribution in [0.1, 0.15) is 49.9 Å². The van der Waals surface area contributed by atoms with Gasteiger partial charge in [0, 0.05) is 19.3 Å². The van der Waals surface area contributed by atoms with Crippen LogP contribution in [0.5, 0.6) is 0 Å². The zero-order valence-electron chi connectivity index (χ0n) is 18.4. The van der Waals surface area contributed by atoms with Crippen LogP contribution >= 0.6 is 0 Å². The van der Waals surface area contributed by atoms with Crippen molar-refractivity contribution < 1.29 is 12.8 Å². The molecule has 0 unspecified atom stereocenters. The molecule has 0 aliphatic heterocycles. The molecule has 0 saturated carbocycles. The minimum atomic E-state index is -3.22. The standard InChI is InChI=1S/C23H32FN3O2S/c1-6-25-22(26-14-17-7-10-20(11-8-17)23(2,3)4)27-15-19-13-21(24)12-9-18(19)16-30(5,28)29/h7-13H,6,14-16H2,1-5H3,(H2,25,26,27). The molecule has 0 aliphatic rings. The first-order chi connectivity index (χ1) is 14.0. The predicted molar refractivity (Wildman–Crippen MR) is 122 cm³/mol. The van der Waals surface area contributed by atoms with Gasteiger partial charge in [-0.2, -0.15) is 0 Å². The maximum absolute atomic E-state index is 13.7. The number of hydrogen-bond donors (Lipinski definition) is 2. The lowest BCUT2D eigenvalue weighted by atomic mass is 9.87. The van der Waals surface area contributed by atoms with Gasteiger partial charge in [0.1, 0.15) is 5.82 Å². The molecule has 5 nitrogen and oxygen atoms in total. The van der Waals surface area contributed by atoms with Crippen LogP contribution in [0, 0.1) is 5.82 Å². The number of nitrogens with zero attached hydrogens (tertiary/aromatic N) is 1. The van der Waals surface area contributed by atoms with Crippen molar-refractivity contribution in [2.24, 2.45) is 4.99 Å². The largest absolute Gasteiger partial charge is 0.357 e. The molecular formula is C23H32FN3O2S. The van der Waals surface area contributed by atoms with Gasteiger partial charge in [-0.3, -0.25) is 0 Å². The topological polar surface area (TPSA) is 70.6 Å². The first-order valence-electron chi connectivity index (χ1n) is 10.0. The van der Waals surface area contributed by atoms with Gasteiger partial charge in [0.25, 0.3) is 0 Å². The molecule has 7 heteroatoms. The van der Waals surface area contributed by atoms with E-state index in [1.54, 1.807) is 0 Å². The lowest BCUT2D eigenvalue weighted by Gasteiger charge is -2.19. The maximum Gasteiger partial charge on any atom is 0.191 e. The highest BCUT2D eigenvalue weighted by molar-refractivity contribution is 7.89. The van der Waals surface area contributed by atoms with Crippen molar-refractivity contribution in [2.75, 3.05) is 12.8 Å². The Morgan fingerprint density at radius 2 is 1.70 bits per heavy atom. The Labute approximate surface area is 179 Å². The summed E-state index contributed by atoms with van der Waals surface area (Å²) in [6.07, 6.45) is 1.17. The van der Waals surface area contributed by atoms with Crippen molar-refractivity contribution in [1.29, 1.82) is 0 Å². The Morgan fingerprint density at radius 3 is 2.27 bits per heavy atom. The number of hydrogen-bond acceptors (Lipinski definition) is 3. The summed E-state index contributed by atoms with van der Waals surface area (Å²) in [6.45, 7) is 9.95. The summed E-state index contributed by atoms with van der Waals surface area (Å²) in [4.78, 5) is 4.60. The minimum Gasteiger partial charge on any atom is -0.357 e. The van der Waals surface area contributed by atoms with E-state index in [1.807, 2.05) is 6.92 Å². The molecule has 164 valence electrons. The van der Waals surface area contributed by atoms with Crippen LogP contribution < -0.4 is 10.6 Å². The molecule has 0 bridgehead atoms. The van der Waals surface area contributed by atoms with Gasteiger partial charge in [0.15, 0.2) is 15.8 Å². The van der Waals surface area contributed by atoms with Crippen LogP contribution in [0.2, 0.25) is 0 Å². The first kappa shape index (κ1) is 23.9. The third-order valence-corrected chi connectivity index (χ3v) is 5.45. The third kappa shape index (κ3) is 7.78. The highest BCUT2D eigenvalue weighted by atomic mass is 32.2. The number of halogens is 1. The molecule has 2 N–H and O–H groups in total. The number of rotatable bonds is 7. The molecule has 0 amide bonds. The zero-order valence-corrected chi connectivity index (χ0v) is 19.2. The SMILES string of the molecule is CCNC(=NCc1ccc(C(C)(C)C)cc1)NCc1cc(F)ccc1CS(C)(=O)=O. The van der Waals surface area contributed by atoms with Crippen molar-refractivity contribution in [1.82, 2.24) is 10.6 Å². The summed E-state index contributed by atoms with van der Waals surface area (Å²) in [6, 6.07) is 12.6. The van der Waals surface area contributed by atoms with Gasteiger partial charge < -0.3 is 10.6 Å². The number of guanidine groups is 1. The molecule has 2 aromatic rings. The monoisotopic (exact) mass is 433 g/mol. The zero-order chi connectivity index (χ0) is 22.4. The molecule has 0 fully saturated rings. The smallest absolute Gasteiger partial charge is 0.191 e. The van der Waals surface area contributed by atoms with Gasteiger partial charge in [-0.15, -0.1) is 0 Å². The summed E-state index contributed by atoms with van der Waals surface area (Å²) < 4.78 is 37.1. The fraction of sp³-hybridized carbons (Fsp3) is 0.435. The van der Waals surface area contributed by atoms with E-state index < -0.39 is 15.7 Å². The van der Waals surface area contributed by atoms with Crippen LogP contribution in [-0.2, 0) is 34.1 Å². The molecule has 0 aromatic heterocycles. The number of benzene rings is 2. The molecule has 0 aliphatic carbocycles. The quantitative estimate of drug-likeness (QED) is 0.513. The summed E-state index contributed by atoms with van der Waals surface area (Å²) >= 11 is 0. The van der Waals surface area contributed by atoms with E-state index in [-0.39, 0.29) is 17.7 Å². The van der Waals surface area contributed by atoms with Crippen LogP contribution in [-0.4, -0.2) is 27.2 Å². The molecule has 2 rings (SSSR count). The molecule has 30 heavy (non-hydrogen) atoms. The lowest BCUT2D eigenvalue weighted by molar-refractivity contribution is 0.590. The number of aliphatic imine (C=N–C) groups is 1. The minimum absolute atomic E-state index is 0.104. The van der Waals surface area contributed by atoms with E-state index in [4.69, 9.17) is 0 Å². The van der Waals surface area contributed by atoms with Crippen molar-refractivity contribution in [2.45, 2.75) is 52.0 Å². The van der Waals surface area contributed by atoms with Gasteiger partial charge >= 0.3 is 0 Å². The fourth-order valence-corrected chi connectivity index (χ4v) is 3.83. The average Bonchev–Trinajstić information content (AvgIpc) is 2.64. The Kier molecular flexibility index (Phi) is 8.01. The van der Waals surface area contributed by atoms with E-state index in [2.05, 4.69) is 60.7 Å². The van der Waals surface area contributed by atoms with Gasteiger partial charge in [-0.05, 0) is 46.7 Å². The van der Waals surface area contributed by atoms with Crippen LogP contribution in [0.3, 0.4) is 0 Å². The molecule has 0 atom stereocenters. The predicted octanol–water partition coefficient (Wildman–Crippen LogP) is 3.92. The van der Waals surface area contributed by atoms with Crippen molar-refractivity contribution in [3.8, 4) is 0 Å². The van der Waals surface area contributed by atoms with Gasteiger partial charge in [0.2, 0.25) is 0 Å². The average molecular weight is 434 g/mol. The van der Waals surface area contributed by atoms with E-state index in [1.165, 1.54) is 30.0 Å². The van der Waals surface area contributed by atoms with Crippen molar-refractivity contribution in [3.63, 3.8) is 0 Å². The van der Waals surface area contributed by atoms with Crippen molar-refractivity contribution in [3.05, 3.63) is 70.5 Å². The molecular weight excluding hydrogens is 401 g/mol. The van der Waals surface area contributed by atoms with Crippen LogP contribution in [0.15, 0.2) is 47.5 Å². The fourth-order valence-electron chi connectivity index (χ4n) is 2.98. The molecule has 0 radical (unpaired) electrons. The molecule has 0 spiro atoms. The molecule has 0 saturated heterocycles. The highest BCUT2D eigenvalue weighted by Crippen LogP contribution is 2.22. The third-order valence-electron chi connectivity index (χ3n) is 4.62. The second kappa shape index (κ2) is 10.1. The second-order valence-electron chi connectivity index (χ2n) is 8.48. The van der Waals surface area contributed by atoms with E-state index in [0.29, 0.717) is 30.2 Å². The Hall–Kier alpha value is -2.41. The summed E-state index contributed by atoms with van der Waals surface area (Å²) in [7, 11) is -3.22. The maximum atomic E-state index is 13.7. The summed E-state index contributed by atoms with van der Waals surface area (Å²) in [5, 5.41) is 6.34. The Bertz CT molecular complexity index is 978. The summed E-state index contributed by atoms with van der Waals surface area (Å²) in [5.41, 5.74) is 3.64. The Balaban J connectivity index is 2.12. The van der Waals surface area contributed by atoms with Gasteiger partial charge in [-0.25, -0.2) is 17.8 Å². The van der Waals surface area contributed by atoms with Crippen molar-refractivity contribution >= 4 is 15.8 Å². The van der Waals surface area contributed by atoms with Gasteiger partial charge in [0.05, 0.1) is 12.3 Å². The summed E-state index contributed by atoms with van der Waals surface area (Å²) in [5.74, 6) is 0.0647.